The minimum Gasteiger partial charge on any atom is -0.222 e. The van der Waals surface area contributed by atoms with Crippen molar-refractivity contribution in [3.05, 3.63) is 12.2 Å². The van der Waals surface area contributed by atoms with Crippen molar-refractivity contribution < 1.29 is 70.2 Å². The van der Waals surface area contributed by atoms with Gasteiger partial charge in [-0.15, -0.1) is 0 Å². The fourth-order valence-corrected chi connectivity index (χ4v) is 1.16. The molecule has 0 bridgehead atoms. The van der Waals surface area contributed by atoms with Crippen molar-refractivity contribution in [3.8, 4) is 0 Å². The van der Waals surface area contributed by atoms with Gasteiger partial charge in [0, 0.05) is 0 Å². The fraction of sp³-hybridized carbons (Fsp3) is 0.778. The maximum absolute atomic E-state index is 13.3. The topological polar surface area (TPSA) is 0 Å². The van der Waals surface area contributed by atoms with Crippen molar-refractivity contribution >= 4 is 0 Å². The molecule has 0 saturated heterocycles. The van der Waals surface area contributed by atoms with E-state index in [1.54, 1.807) is 0 Å². The summed E-state index contributed by atoms with van der Waals surface area (Å²) in [6, 6.07) is 0. The Balaban J connectivity index is 6.57. The van der Waals surface area contributed by atoms with E-state index in [9.17, 15) is 70.2 Å². The molecule has 0 fully saturated rings. The van der Waals surface area contributed by atoms with Gasteiger partial charge < -0.3 is 0 Å². The molecular formula is C9H2F16. The molecule has 0 aromatic carbocycles. The lowest BCUT2D eigenvalue weighted by molar-refractivity contribution is -0.370. The van der Waals surface area contributed by atoms with Crippen LogP contribution < -0.4 is 0 Å². The van der Waals surface area contributed by atoms with E-state index in [1.165, 1.54) is 0 Å². The minimum atomic E-state index is -7.53. The zero-order valence-electron chi connectivity index (χ0n) is 10.7. The first-order chi connectivity index (χ1) is 10.5. The Hall–Kier alpha value is -1.38. The van der Waals surface area contributed by atoms with Crippen molar-refractivity contribution in [2.75, 3.05) is 0 Å². The van der Waals surface area contributed by atoms with Gasteiger partial charge in [-0.3, -0.25) is 0 Å². The maximum atomic E-state index is 13.3. The third kappa shape index (κ3) is 3.75. The molecule has 0 nitrogen and oxygen atoms in total. The zero-order chi connectivity index (χ0) is 20.9. The number of halogens is 16. The molecule has 0 aromatic heterocycles. The first-order valence-corrected chi connectivity index (χ1v) is 5.18. The molecule has 25 heavy (non-hydrogen) atoms. The lowest BCUT2D eigenvalue weighted by Gasteiger charge is -2.34. The minimum absolute atomic E-state index is 2.43. The molecule has 1 unspecified atom stereocenters. The van der Waals surface area contributed by atoms with Crippen LogP contribution in [0.2, 0.25) is 0 Å². The van der Waals surface area contributed by atoms with Crippen LogP contribution in [0.3, 0.4) is 0 Å². The van der Waals surface area contributed by atoms with E-state index in [0.29, 0.717) is 0 Å². The largest absolute Gasteiger partial charge is 0.457 e. The van der Waals surface area contributed by atoms with Crippen LogP contribution in [-0.2, 0) is 0 Å². The van der Waals surface area contributed by atoms with Gasteiger partial charge in [-0.1, -0.05) is 0 Å². The first kappa shape index (κ1) is 23.6. The second-order valence-electron chi connectivity index (χ2n) is 4.32. The van der Waals surface area contributed by atoms with Gasteiger partial charge in [-0.05, 0) is 12.2 Å². The monoisotopic (exact) mass is 414 g/mol. The third-order valence-corrected chi connectivity index (χ3v) is 2.59. The molecule has 0 saturated carbocycles. The summed E-state index contributed by atoms with van der Waals surface area (Å²) in [5, 5.41) is 0. The summed E-state index contributed by atoms with van der Waals surface area (Å²) < 4.78 is 196. The average molecular weight is 414 g/mol. The molecule has 0 aliphatic carbocycles. The van der Waals surface area contributed by atoms with Crippen molar-refractivity contribution in [1.82, 2.24) is 0 Å². The summed E-state index contributed by atoms with van der Waals surface area (Å²) in [7, 11) is 0. The smallest absolute Gasteiger partial charge is 0.222 e. The highest BCUT2D eigenvalue weighted by molar-refractivity contribution is 5.22. The van der Waals surface area contributed by atoms with Gasteiger partial charge in [0.1, 0.15) is 0 Å². The Kier molecular flexibility index (Phi) is 5.50. The fourth-order valence-electron chi connectivity index (χ4n) is 1.16. The van der Waals surface area contributed by atoms with Crippen molar-refractivity contribution in [2.45, 2.75) is 42.0 Å². The summed E-state index contributed by atoms with van der Waals surface area (Å²) in [6.45, 7) is 0. The molecule has 0 amide bonds. The highest BCUT2D eigenvalue weighted by atomic mass is 19.4. The van der Waals surface area contributed by atoms with Crippen LogP contribution in [-0.4, -0.2) is 42.0 Å². The Morgan fingerprint density at radius 1 is 0.320 bits per heavy atom. The molecule has 0 N–H and O–H groups in total. The van der Waals surface area contributed by atoms with Crippen LogP contribution in [0.1, 0.15) is 0 Å². The summed E-state index contributed by atoms with van der Waals surface area (Å²) in [6.07, 6.45) is -34.0. The molecule has 0 aliphatic rings. The van der Waals surface area contributed by atoms with E-state index in [2.05, 4.69) is 0 Å². The summed E-state index contributed by atoms with van der Waals surface area (Å²) in [5.74, 6) is -7.53. The van der Waals surface area contributed by atoms with E-state index in [1.807, 2.05) is 0 Å². The summed E-state index contributed by atoms with van der Waals surface area (Å²) in [5.41, 5.74) is -13.9. The zero-order valence-corrected chi connectivity index (χ0v) is 10.7. The van der Waals surface area contributed by atoms with Crippen LogP contribution in [0.5, 0.6) is 0 Å². The van der Waals surface area contributed by atoms with Crippen LogP contribution in [0, 0.1) is 0 Å². The molecule has 0 heterocycles. The quantitative estimate of drug-likeness (QED) is 0.402. The number of hydrogen-bond acceptors (Lipinski definition) is 0. The maximum Gasteiger partial charge on any atom is 0.457 e. The van der Waals surface area contributed by atoms with Gasteiger partial charge in [0.25, 0.3) is 5.67 Å². The lowest BCUT2D eigenvalue weighted by Crippen LogP contribution is -2.61. The summed E-state index contributed by atoms with van der Waals surface area (Å²) >= 11 is 0. The van der Waals surface area contributed by atoms with Gasteiger partial charge >= 0.3 is 36.3 Å². The molecule has 0 aliphatic heterocycles. The average Bonchev–Trinajstić information content (AvgIpc) is 2.29. The van der Waals surface area contributed by atoms with E-state index in [-0.39, 0.29) is 0 Å². The Bertz CT molecular complexity index is 484. The van der Waals surface area contributed by atoms with E-state index in [4.69, 9.17) is 0 Å². The van der Waals surface area contributed by atoms with Gasteiger partial charge in [-0.2, -0.15) is 61.5 Å². The molecule has 0 aromatic rings. The van der Waals surface area contributed by atoms with Gasteiger partial charge in [0.05, 0.1) is 0 Å². The molecule has 0 spiro atoms. The third-order valence-electron chi connectivity index (χ3n) is 2.59. The first-order valence-electron chi connectivity index (χ1n) is 5.18. The van der Waals surface area contributed by atoms with Crippen molar-refractivity contribution in [2.24, 2.45) is 0 Å². The van der Waals surface area contributed by atoms with Gasteiger partial charge in [-0.25, -0.2) is 8.78 Å². The van der Waals surface area contributed by atoms with E-state index >= 15 is 0 Å². The predicted octanol–water partition coefficient (Wildman–Crippen LogP) is 5.84. The van der Waals surface area contributed by atoms with Crippen LogP contribution >= 0.6 is 0 Å². The Labute approximate surface area is 126 Å². The normalized spacial score (nSPS) is 18.6. The second kappa shape index (κ2) is 5.82. The van der Waals surface area contributed by atoms with Crippen molar-refractivity contribution in [1.29, 1.82) is 0 Å². The lowest BCUT2D eigenvalue weighted by atomic mass is 9.92. The van der Waals surface area contributed by atoms with Crippen LogP contribution in [0.4, 0.5) is 70.2 Å². The highest BCUT2D eigenvalue weighted by Gasteiger charge is 2.81. The number of hydrogen-bond donors (Lipinski definition) is 0. The molecule has 16 heteroatoms. The molecule has 1 atom stereocenters. The standard InChI is InChI=1S/C9H2F16/c10-3(6(14,15)16,5(12,13)9(23,24)25)1-2-4(11,7(17,18)19)8(20,21)22/h1-2H/b2-1+. The number of alkyl halides is 16. The molecule has 150 valence electrons. The van der Waals surface area contributed by atoms with Gasteiger partial charge in [0.15, 0.2) is 0 Å². The SMILES string of the molecule is FC(F)(F)C(F)(F)C(F)(/C=C/C(F)(C(F)(F)F)C(F)(F)F)C(F)(F)F. The summed E-state index contributed by atoms with van der Waals surface area (Å²) in [4.78, 5) is 0. The predicted molar refractivity (Wildman–Crippen MR) is 46.0 cm³/mol. The second-order valence-corrected chi connectivity index (χ2v) is 4.32. The molecule has 0 radical (unpaired) electrons. The number of rotatable bonds is 3. The van der Waals surface area contributed by atoms with Crippen molar-refractivity contribution in [3.63, 3.8) is 0 Å². The van der Waals surface area contributed by atoms with Gasteiger partial charge in [0.2, 0.25) is 0 Å². The molecular weight excluding hydrogens is 412 g/mol. The van der Waals surface area contributed by atoms with Crippen LogP contribution in [0.25, 0.3) is 0 Å². The van der Waals surface area contributed by atoms with Crippen LogP contribution in [0.15, 0.2) is 12.2 Å². The molecule has 0 rings (SSSR count). The van der Waals surface area contributed by atoms with E-state index in [0.717, 1.165) is 0 Å². The highest BCUT2D eigenvalue weighted by Crippen LogP contribution is 2.55. The Morgan fingerprint density at radius 2 is 0.560 bits per heavy atom. The Morgan fingerprint density at radius 3 is 0.760 bits per heavy atom. The van der Waals surface area contributed by atoms with E-state index < -0.39 is 54.1 Å². The number of allylic oxidation sites excluding steroid dienone is 2.